The first kappa shape index (κ1) is 14.3. The Hall–Kier alpha value is -2.11. The van der Waals surface area contributed by atoms with E-state index >= 15 is 0 Å². The average Bonchev–Trinajstić information content (AvgIpc) is 2.44. The Morgan fingerprint density at radius 1 is 1.15 bits per heavy atom. The van der Waals surface area contributed by atoms with Crippen molar-refractivity contribution in [2.75, 3.05) is 6.79 Å². The molecule has 0 aliphatic carbocycles. The van der Waals surface area contributed by atoms with Crippen LogP contribution in [0, 0.1) is 10.1 Å². The Balaban J connectivity index is 1.83. The number of nitro benzene ring substituents is 1. The fourth-order valence-corrected chi connectivity index (χ4v) is 1.81. The van der Waals surface area contributed by atoms with E-state index in [4.69, 9.17) is 21.1 Å². The van der Waals surface area contributed by atoms with Gasteiger partial charge in [0.15, 0.2) is 6.79 Å². The van der Waals surface area contributed by atoms with E-state index in [1.54, 1.807) is 0 Å². The largest absolute Gasteiger partial charge is 0.467 e. The number of nitrogens with zero attached hydrogens (tertiary/aromatic N) is 1. The second-order valence-electron chi connectivity index (χ2n) is 3.97. The quantitative estimate of drug-likeness (QED) is 0.352. The molecule has 0 bridgehead atoms. The number of nitro groups is 1. The Morgan fingerprint density at radius 3 is 2.55 bits per heavy atom. The molecule has 0 aliphatic rings. The first-order valence-corrected chi connectivity index (χ1v) is 6.23. The van der Waals surface area contributed by atoms with Crippen molar-refractivity contribution >= 4 is 17.3 Å². The molecule has 20 heavy (non-hydrogen) atoms. The van der Waals surface area contributed by atoms with E-state index < -0.39 is 4.92 Å². The summed E-state index contributed by atoms with van der Waals surface area (Å²) < 4.78 is 10.7. The fourth-order valence-electron chi connectivity index (χ4n) is 1.57. The van der Waals surface area contributed by atoms with E-state index in [-0.39, 0.29) is 17.5 Å². The maximum atomic E-state index is 10.6. The van der Waals surface area contributed by atoms with Crippen LogP contribution in [-0.2, 0) is 11.3 Å². The van der Waals surface area contributed by atoms with Crippen LogP contribution in [-0.4, -0.2) is 11.7 Å². The van der Waals surface area contributed by atoms with E-state index in [2.05, 4.69) is 0 Å². The molecule has 2 aromatic rings. The maximum Gasteiger partial charge on any atom is 0.288 e. The van der Waals surface area contributed by atoms with Crippen LogP contribution in [0.25, 0.3) is 0 Å². The summed E-state index contributed by atoms with van der Waals surface area (Å²) in [6.07, 6.45) is 0. The van der Waals surface area contributed by atoms with Gasteiger partial charge in [-0.2, -0.15) is 0 Å². The molecule has 0 fully saturated rings. The molecule has 0 saturated carbocycles. The Bertz CT molecular complexity index is 589. The van der Waals surface area contributed by atoms with Gasteiger partial charge in [0.25, 0.3) is 5.69 Å². The summed E-state index contributed by atoms with van der Waals surface area (Å²) >= 11 is 5.77. The highest BCUT2D eigenvalue weighted by atomic mass is 35.5. The maximum absolute atomic E-state index is 10.6. The van der Waals surface area contributed by atoms with Gasteiger partial charge in [0.2, 0.25) is 0 Å². The van der Waals surface area contributed by atoms with Crippen LogP contribution in [0.4, 0.5) is 5.69 Å². The van der Waals surface area contributed by atoms with Crippen LogP contribution in [0.2, 0.25) is 5.02 Å². The predicted molar refractivity (Wildman–Crippen MR) is 74.8 cm³/mol. The van der Waals surface area contributed by atoms with Gasteiger partial charge in [-0.3, -0.25) is 10.1 Å². The summed E-state index contributed by atoms with van der Waals surface area (Å²) in [5.74, 6) is 0.425. The van der Waals surface area contributed by atoms with Crippen molar-refractivity contribution in [3.8, 4) is 5.75 Å². The monoisotopic (exact) mass is 293 g/mol. The van der Waals surface area contributed by atoms with Crippen molar-refractivity contribution in [1.82, 2.24) is 0 Å². The topological polar surface area (TPSA) is 61.6 Å². The third-order valence-corrected chi connectivity index (χ3v) is 2.84. The van der Waals surface area contributed by atoms with E-state index in [9.17, 15) is 10.1 Å². The van der Waals surface area contributed by atoms with Crippen LogP contribution in [0.1, 0.15) is 5.56 Å². The zero-order chi connectivity index (χ0) is 14.4. The highest BCUT2D eigenvalue weighted by Crippen LogP contribution is 2.28. The number of rotatable bonds is 6. The molecule has 0 heterocycles. The number of benzene rings is 2. The summed E-state index contributed by atoms with van der Waals surface area (Å²) in [6, 6.07) is 13.9. The van der Waals surface area contributed by atoms with Crippen molar-refractivity contribution in [2.45, 2.75) is 6.61 Å². The Kier molecular flexibility index (Phi) is 4.92. The van der Waals surface area contributed by atoms with Gasteiger partial charge in [-0.25, -0.2) is 0 Å². The van der Waals surface area contributed by atoms with Crippen molar-refractivity contribution in [3.63, 3.8) is 0 Å². The molecule has 0 saturated heterocycles. The summed E-state index contributed by atoms with van der Waals surface area (Å²) in [7, 11) is 0. The third kappa shape index (κ3) is 3.94. The smallest absolute Gasteiger partial charge is 0.288 e. The van der Waals surface area contributed by atoms with Gasteiger partial charge in [-0.1, -0.05) is 41.9 Å². The zero-order valence-corrected chi connectivity index (χ0v) is 11.2. The van der Waals surface area contributed by atoms with Gasteiger partial charge < -0.3 is 9.47 Å². The molecule has 0 radical (unpaired) electrons. The normalized spacial score (nSPS) is 10.2. The van der Waals surface area contributed by atoms with Crippen LogP contribution in [0.5, 0.6) is 5.75 Å². The summed E-state index contributed by atoms with van der Waals surface area (Å²) in [5, 5.41) is 10.6. The Labute approximate surface area is 120 Å². The minimum Gasteiger partial charge on any atom is -0.467 e. The second-order valence-corrected chi connectivity index (χ2v) is 4.37. The van der Waals surface area contributed by atoms with E-state index in [0.717, 1.165) is 5.56 Å². The zero-order valence-electron chi connectivity index (χ0n) is 10.5. The SMILES string of the molecule is O=[N+]([O-])c1ccc(OCOCc2ccccc2)cc1Cl. The first-order chi connectivity index (χ1) is 9.66. The van der Waals surface area contributed by atoms with Gasteiger partial charge in [0, 0.05) is 12.1 Å². The molecule has 0 spiro atoms. The minimum absolute atomic E-state index is 0.0376. The highest BCUT2D eigenvalue weighted by molar-refractivity contribution is 6.32. The molecule has 0 atom stereocenters. The molecule has 0 aromatic heterocycles. The second kappa shape index (κ2) is 6.88. The summed E-state index contributed by atoms with van der Waals surface area (Å²) in [5.41, 5.74) is 0.891. The van der Waals surface area contributed by atoms with Crippen molar-refractivity contribution < 1.29 is 14.4 Å². The van der Waals surface area contributed by atoms with E-state index in [1.165, 1.54) is 18.2 Å². The summed E-state index contributed by atoms with van der Waals surface area (Å²) in [6.45, 7) is 0.477. The number of hydrogen-bond acceptors (Lipinski definition) is 4. The Morgan fingerprint density at radius 2 is 1.90 bits per heavy atom. The van der Waals surface area contributed by atoms with E-state index in [0.29, 0.717) is 12.4 Å². The highest BCUT2D eigenvalue weighted by Gasteiger charge is 2.12. The number of ether oxygens (including phenoxy) is 2. The van der Waals surface area contributed by atoms with Gasteiger partial charge in [-0.15, -0.1) is 0 Å². The molecule has 0 N–H and O–H groups in total. The first-order valence-electron chi connectivity index (χ1n) is 5.85. The minimum atomic E-state index is -0.544. The van der Waals surface area contributed by atoms with Gasteiger partial charge in [-0.05, 0) is 11.6 Å². The van der Waals surface area contributed by atoms with Crippen molar-refractivity contribution in [3.05, 3.63) is 69.2 Å². The lowest BCUT2D eigenvalue weighted by atomic mass is 10.2. The lowest BCUT2D eigenvalue weighted by molar-refractivity contribution is -0.384. The molecule has 5 nitrogen and oxygen atoms in total. The van der Waals surface area contributed by atoms with Crippen molar-refractivity contribution in [1.29, 1.82) is 0 Å². The van der Waals surface area contributed by atoms with Crippen molar-refractivity contribution in [2.24, 2.45) is 0 Å². The predicted octanol–water partition coefficient (Wildman–Crippen LogP) is 3.80. The molecule has 104 valence electrons. The average molecular weight is 294 g/mol. The van der Waals surface area contributed by atoms with Crippen LogP contribution >= 0.6 is 11.6 Å². The molecule has 2 rings (SSSR count). The fraction of sp³-hybridized carbons (Fsp3) is 0.143. The number of hydrogen-bond donors (Lipinski definition) is 0. The molecule has 0 unspecified atom stereocenters. The lowest BCUT2D eigenvalue weighted by Crippen LogP contribution is -2.03. The molecule has 0 aliphatic heterocycles. The van der Waals surface area contributed by atoms with E-state index in [1.807, 2.05) is 30.3 Å². The molecular formula is C14H12ClNO4. The molecule has 6 heteroatoms. The molecular weight excluding hydrogens is 282 g/mol. The van der Waals surface area contributed by atoms with Gasteiger partial charge >= 0.3 is 0 Å². The summed E-state index contributed by atoms with van der Waals surface area (Å²) in [4.78, 5) is 10.1. The molecule has 0 amide bonds. The van der Waals surface area contributed by atoms with Crippen LogP contribution in [0.3, 0.4) is 0 Å². The molecule has 2 aromatic carbocycles. The van der Waals surface area contributed by atoms with Gasteiger partial charge in [0.1, 0.15) is 10.8 Å². The third-order valence-electron chi connectivity index (χ3n) is 2.54. The van der Waals surface area contributed by atoms with Crippen LogP contribution < -0.4 is 4.74 Å². The lowest BCUT2D eigenvalue weighted by Gasteiger charge is -2.07. The van der Waals surface area contributed by atoms with Gasteiger partial charge in [0.05, 0.1) is 11.5 Å². The standard InChI is InChI=1S/C14H12ClNO4/c15-13-8-12(6-7-14(13)16(17)18)20-10-19-9-11-4-2-1-3-5-11/h1-8H,9-10H2. The van der Waals surface area contributed by atoms with Crippen LogP contribution in [0.15, 0.2) is 48.5 Å². The number of halogens is 1.